The normalized spacial score (nSPS) is 26.4. The van der Waals surface area contributed by atoms with E-state index in [0.29, 0.717) is 0 Å². The zero-order chi connectivity index (χ0) is 11.4. The number of hydrogen-bond acceptors (Lipinski definition) is 0. The number of benzene rings is 1. The summed E-state index contributed by atoms with van der Waals surface area (Å²) in [6.07, 6.45) is 1.34. The Kier molecular flexibility index (Phi) is 4.22. The summed E-state index contributed by atoms with van der Waals surface area (Å²) in [5.41, 5.74) is 1.36. The first-order valence-electron chi connectivity index (χ1n) is 6.13. The highest BCUT2D eigenvalue weighted by atomic mass is 35.5. The molecule has 2 nitrogen and oxygen atoms in total. The molecule has 2 unspecified atom stereocenters. The third-order valence-corrected chi connectivity index (χ3v) is 3.62. The van der Waals surface area contributed by atoms with Gasteiger partial charge in [-0.25, -0.2) is 0 Å². The smallest absolute Gasteiger partial charge is 0.127 e. The molecule has 1 saturated heterocycles. The molecule has 0 saturated carbocycles. The van der Waals surface area contributed by atoms with Crippen molar-refractivity contribution in [1.29, 1.82) is 0 Å². The van der Waals surface area contributed by atoms with E-state index in [4.69, 9.17) is 11.6 Å². The van der Waals surface area contributed by atoms with Crippen molar-refractivity contribution in [1.82, 2.24) is 0 Å². The molecular weight excluding hydrogens is 220 g/mol. The molecule has 1 aliphatic rings. The lowest BCUT2D eigenvalue weighted by Crippen LogP contribution is -3.15. The number of halogens is 1. The minimum atomic E-state index is 0.856. The van der Waals surface area contributed by atoms with Crippen molar-refractivity contribution in [2.75, 3.05) is 33.2 Å². The number of nitrogens with one attached hydrogen (secondary N) is 2. The second-order valence-electron chi connectivity index (χ2n) is 4.87. The second-order valence-corrected chi connectivity index (χ2v) is 5.30. The summed E-state index contributed by atoms with van der Waals surface area (Å²) in [6, 6.07) is 8.27. The standard InChI is InChI=1S/C13H19ClN2/c1-15-6-3-7-16(9-8-15)11-12-4-2-5-13(14)10-12/h2,4-5,10H,3,6-9,11H2,1H3/p+2. The van der Waals surface area contributed by atoms with E-state index in [1.54, 1.807) is 9.80 Å². The second kappa shape index (κ2) is 5.67. The summed E-state index contributed by atoms with van der Waals surface area (Å²) in [4.78, 5) is 3.36. The Morgan fingerprint density at radius 3 is 2.88 bits per heavy atom. The van der Waals surface area contributed by atoms with Crippen LogP contribution in [0.15, 0.2) is 24.3 Å². The van der Waals surface area contributed by atoms with Crippen LogP contribution >= 0.6 is 11.6 Å². The SMILES string of the molecule is C[NH+]1CCC[NH+](Cc2cccc(Cl)c2)CC1. The van der Waals surface area contributed by atoms with Crippen LogP contribution in [0.2, 0.25) is 5.02 Å². The summed E-state index contributed by atoms with van der Waals surface area (Å²) in [6.45, 7) is 6.30. The molecule has 1 heterocycles. The Balaban J connectivity index is 1.93. The molecular formula is C13H21ClN2+2. The summed E-state index contributed by atoms with van der Waals surface area (Å²) in [7, 11) is 2.29. The van der Waals surface area contributed by atoms with E-state index in [0.717, 1.165) is 11.6 Å². The van der Waals surface area contributed by atoms with E-state index in [1.807, 2.05) is 12.1 Å². The molecule has 0 aliphatic carbocycles. The molecule has 1 aromatic carbocycles. The van der Waals surface area contributed by atoms with Gasteiger partial charge in [-0.3, -0.25) is 0 Å². The quantitative estimate of drug-likeness (QED) is 0.699. The molecule has 1 aliphatic heterocycles. The van der Waals surface area contributed by atoms with E-state index < -0.39 is 0 Å². The first-order chi connectivity index (χ1) is 7.74. The molecule has 0 aromatic heterocycles. The van der Waals surface area contributed by atoms with Crippen molar-refractivity contribution in [3.8, 4) is 0 Å². The molecule has 0 radical (unpaired) electrons. The summed E-state index contributed by atoms with van der Waals surface area (Å²) in [5.74, 6) is 0. The molecule has 1 fully saturated rings. The fourth-order valence-corrected chi connectivity index (χ4v) is 2.61. The molecule has 0 amide bonds. The lowest BCUT2D eigenvalue weighted by Gasteiger charge is -2.16. The van der Waals surface area contributed by atoms with Gasteiger partial charge >= 0.3 is 0 Å². The number of quaternary nitrogens is 2. The molecule has 2 rings (SSSR count). The van der Waals surface area contributed by atoms with Crippen molar-refractivity contribution < 1.29 is 9.80 Å². The Morgan fingerprint density at radius 2 is 2.06 bits per heavy atom. The Labute approximate surface area is 103 Å². The average Bonchev–Trinajstić information content (AvgIpc) is 2.44. The molecule has 0 spiro atoms. The van der Waals surface area contributed by atoms with Crippen LogP contribution in [-0.2, 0) is 6.54 Å². The third-order valence-electron chi connectivity index (χ3n) is 3.38. The van der Waals surface area contributed by atoms with E-state index in [2.05, 4.69) is 19.2 Å². The van der Waals surface area contributed by atoms with Gasteiger partial charge in [0.2, 0.25) is 0 Å². The first-order valence-corrected chi connectivity index (χ1v) is 6.51. The molecule has 2 N–H and O–H groups in total. The Hall–Kier alpha value is -0.570. The van der Waals surface area contributed by atoms with Gasteiger partial charge in [-0.1, -0.05) is 23.7 Å². The van der Waals surface area contributed by atoms with Gasteiger partial charge in [0.05, 0.1) is 20.1 Å². The van der Waals surface area contributed by atoms with E-state index in [9.17, 15) is 0 Å². The van der Waals surface area contributed by atoms with Crippen LogP contribution in [0.3, 0.4) is 0 Å². The van der Waals surface area contributed by atoms with Gasteiger partial charge in [-0.15, -0.1) is 0 Å². The van der Waals surface area contributed by atoms with Gasteiger partial charge in [-0.05, 0) is 12.1 Å². The van der Waals surface area contributed by atoms with Crippen LogP contribution in [0.1, 0.15) is 12.0 Å². The summed E-state index contributed by atoms with van der Waals surface area (Å²) < 4.78 is 0. The number of hydrogen-bond donors (Lipinski definition) is 2. The minimum absolute atomic E-state index is 0.856. The largest absolute Gasteiger partial charge is 0.333 e. The first kappa shape index (κ1) is 11.9. The predicted molar refractivity (Wildman–Crippen MR) is 67.1 cm³/mol. The molecule has 16 heavy (non-hydrogen) atoms. The van der Waals surface area contributed by atoms with Gasteiger partial charge in [-0.2, -0.15) is 0 Å². The summed E-state index contributed by atoms with van der Waals surface area (Å²) >= 11 is 6.00. The lowest BCUT2D eigenvalue weighted by molar-refractivity contribution is -0.938. The van der Waals surface area contributed by atoms with Crippen LogP contribution in [0, 0.1) is 0 Å². The van der Waals surface area contributed by atoms with Crippen molar-refractivity contribution >= 4 is 11.6 Å². The number of likely N-dealkylation sites (N-methyl/N-ethyl adjacent to an activating group) is 1. The van der Waals surface area contributed by atoms with Gasteiger partial charge in [0, 0.05) is 17.0 Å². The predicted octanol–water partition coefficient (Wildman–Crippen LogP) is -0.357. The van der Waals surface area contributed by atoms with Gasteiger partial charge in [0.1, 0.15) is 19.6 Å². The van der Waals surface area contributed by atoms with Crippen LogP contribution in [0.5, 0.6) is 0 Å². The monoisotopic (exact) mass is 240 g/mol. The van der Waals surface area contributed by atoms with Crippen LogP contribution in [0.25, 0.3) is 0 Å². The average molecular weight is 241 g/mol. The zero-order valence-electron chi connectivity index (χ0n) is 9.93. The highest BCUT2D eigenvalue weighted by Gasteiger charge is 2.17. The topological polar surface area (TPSA) is 8.88 Å². The zero-order valence-corrected chi connectivity index (χ0v) is 10.7. The summed E-state index contributed by atoms with van der Waals surface area (Å²) in [5, 5.41) is 0.856. The lowest BCUT2D eigenvalue weighted by atomic mass is 10.2. The highest BCUT2D eigenvalue weighted by Crippen LogP contribution is 2.09. The fraction of sp³-hybridized carbons (Fsp3) is 0.538. The third kappa shape index (κ3) is 3.48. The molecule has 88 valence electrons. The van der Waals surface area contributed by atoms with Crippen LogP contribution < -0.4 is 9.80 Å². The molecule has 0 bridgehead atoms. The van der Waals surface area contributed by atoms with Crippen molar-refractivity contribution in [3.05, 3.63) is 34.9 Å². The maximum atomic E-state index is 6.00. The highest BCUT2D eigenvalue weighted by molar-refractivity contribution is 6.30. The van der Waals surface area contributed by atoms with Crippen molar-refractivity contribution in [2.24, 2.45) is 0 Å². The Morgan fingerprint density at radius 1 is 1.19 bits per heavy atom. The van der Waals surface area contributed by atoms with Gasteiger partial charge in [0.15, 0.2) is 0 Å². The Bertz CT molecular complexity index is 340. The minimum Gasteiger partial charge on any atom is -0.333 e. The molecule has 3 heteroatoms. The molecule has 2 atom stereocenters. The van der Waals surface area contributed by atoms with Crippen LogP contribution in [-0.4, -0.2) is 33.2 Å². The van der Waals surface area contributed by atoms with Crippen LogP contribution in [0.4, 0.5) is 0 Å². The van der Waals surface area contributed by atoms with Gasteiger partial charge in [0.25, 0.3) is 0 Å². The van der Waals surface area contributed by atoms with E-state index in [-0.39, 0.29) is 0 Å². The van der Waals surface area contributed by atoms with Crippen molar-refractivity contribution in [2.45, 2.75) is 13.0 Å². The molecule has 1 aromatic rings. The fourth-order valence-electron chi connectivity index (χ4n) is 2.39. The number of rotatable bonds is 2. The van der Waals surface area contributed by atoms with Crippen molar-refractivity contribution in [3.63, 3.8) is 0 Å². The van der Waals surface area contributed by atoms with Gasteiger partial charge < -0.3 is 9.80 Å². The van der Waals surface area contributed by atoms with E-state index in [1.165, 1.54) is 38.2 Å². The van der Waals surface area contributed by atoms with E-state index >= 15 is 0 Å². The maximum absolute atomic E-state index is 6.00. The maximum Gasteiger partial charge on any atom is 0.127 e.